The second-order valence-electron chi connectivity index (χ2n) is 5.01. The maximum atomic E-state index is 12.5. The molecular weight excluding hydrogens is 307 g/mol. The van der Waals surface area contributed by atoms with Crippen LogP contribution in [0.4, 0.5) is 19.0 Å². The van der Waals surface area contributed by atoms with Gasteiger partial charge >= 0.3 is 6.18 Å². The number of anilines is 1. The third-order valence-electron chi connectivity index (χ3n) is 3.19. The van der Waals surface area contributed by atoms with Gasteiger partial charge < -0.3 is 10.1 Å². The molecule has 0 aliphatic carbocycles. The Morgan fingerprint density at radius 1 is 1.43 bits per heavy atom. The summed E-state index contributed by atoms with van der Waals surface area (Å²) >= 11 is 5.86. The van der Waals surface area contributed by atoms with Gasteiger partial charge in [-0.3, -0.25) is 4.90 Å². The van der Waals surface area contributed by atoms with Crippen LogP contribution in [0.1, 0.15) is 12.5 Å². The first-order chi connectivity index (χ1) is 9.86. The van der Waals surface area contributed by atoms with Crippen LogP contribution >= 0.6 is 11.6 Å². The van der Waals surface area contributed by atoms with Crippen molar-refractivity contribution in [1.29, 1.82) is 0 Å². The zero-order valence-corrected chi connectivity index (χ0v) is 12.3. The minimum Gasteiger partial charge on any atom is -0.379 e. The smallest absolute Gasteiger partial charge is 0.379 e. The van der Waals surface area contributed by atoms with Gasteiger partial charge in [0, 0.05) is 31.9 Å². The number of hydrogen-bond acceptors (Lipinski definition) is 4. The van der Waals surface area contributed by atoms with Gasteiger partial charge in [0.25, 0.3) is 0 Å². The lowest BCUT2D eigenvalue weighted by molar-refractivity contribution is -0.137. The van der Waals surface area contributed by atoms with Gasteiger partial charge in [0.05, 0.1) is 23.8 Å². The molecule has 2 rings (SSSR count). The van der Waals surface area contributed by atoms with E-state index in [4.69, 9.17) is 16.3 Å². The third kappa shape index (κ3) is 4.72. The van der Waals surface area contributed by atoms with Crippen molar-refractivity contribution in [2.45, 2.75) is 19.1 Å². The molecule has 1 aliphatic heterocycles. The van der Waals surface area contributed by atoms with Gasteiger partial charge in [0.15, 0.2) is 0 Å². The molecule has 0 aromatic carbocycles. The predicted octanol–water partition coefficient (Wildman–Crippen LogP) is 2.89. The minimum atomic E-state index is -4.44. The van der Waals surface area contributed by atoms with E-state index < -0.39 is 11.7 Å². The van der Waals surface area contributed by atoms with E-state index in [2.05, 4.69) is 15.2 Å². The number of alkyl halides is 3. The highest BCUT2D eigenvalue weighted by Gasteiger charge is 2.31. The van der Waals surface area contributed by atoms with Crippen molar-refractivity contribution in [2.75, 3.05) is 38.2 Å². The molecule has 1 unspecified atom stereocenters. The molecule has 1 atom stereocenters. The molecule has 0 saturated carbocycles. The summed E-state index contributed by atoms with van der Waals surface area (Å²) in [7, 11) is 0. The summed E-state index contributed by atoms with van der Waals surface area (Å²) in [4.78, 5) is 5.99. The number of pyridine rings is 1. The van der Waals surface area contributed by atoms with Crippen LogP contribution in [0.15, 0.2) is 12.3 Å². The van der Waals surface area contributed by atoms with Gasteiger partial charge in [0.2, 0.25) is 0 Å². The van der Waals surface area contributed by atoms with Gasteiger partial charge in [0.1, 0.15) is 5.82 Å². The fourth-order valence-electron chi connectivity index (χ4n) is 2.15. The number of nitrogens with zero attached hydrogens (tertiary/aromatic N) is 2. The zero-order valence-electron chi connectivity index (χ0n) is 11.6. The molecule has 1 saturated heterocycles. The maximum Gasteiger partial charge on any atom is 0.417 e. The summed E-state index contributed by atoms with van der Waals surface area (Å²) in [5.74, 6) is 0.269. The fourth-order valence-corrected chi connectivity index (χ4v) is 2.37. The van der Waals surface area contributed by atoms with Crippen molar-refractivity contribution in [3.05, 3.63) is 22.8 Å². The second-order valence-corrected chi connectivity index (χ2v) is 5.42. The van der Waals surface area contributed by atoms with Gasteiger partial charge in [-0.05, 0) is 13.0 Å². The third-order valence-corrected chi connectivity index (χ3v) is 3.48. The molecule has 0 spiro atoms. The first-order valence-electron chi connectivity index (χ1n) is 6.65. The molecule has 21 heavy (non-hydrogen) atoms. The number of aromatic nitrogens is 1. The van der Waals surface area contributed by atoms with Gasteiger partial charge in [-0.15, -0.1) is 0 Å². The van der Waals surface area contributed by atoms with E-state index in [9.17, 15) is 13.2 Å². The monoisotopic (exact) mass is 323 g/mol. The molecule has 2 heterocycles. The Labute approximate surface area is 126 Å². The summed E-state index contributed by atoms with van der Waals surface area (Å²) in [5.41, 5.74) is -0.848. The Morgan fingerprint density at radius 2 is 2.10 bits per heavy atom. The van der Waals surface area contributed by atoms with E-state index in [1.54, 1.807) is 0 Å². The summed E-state index contributed by atoms with van der Waals surface area (Å²) in [6.07, 6.45) is -3.65. The number of halogens is 4. The zero-order chi connectivity index (χ0) is 15.5. The van der Waals surface area contributed by atoms with Crippen LogP contribution < -0.4 is 5.32 Å². The van der Waals surface area contributed by atoms with E-state index in [1.165, 1.54) is 0 Å². The predicted molar refractivity (Wildman–Crippen MR) is 74.6 cm³/mol. The van der Waals surface area contributed by atoms with Crippen molar-refractivity contribution < 1.29 is 17.9 Å². The molecular formula is C13H17ClF3N3O. The molecule has 0 amide bonds. The summed E-state index contributed by atoms with van der Waals surface area (Å²) in [6.45, 7) is 5.78. The first kappa shape index (κ1) is 16.3. The SMILES string of the molecule is CC(CN1CCOCC1)Nc1ncc(C(F)(F)F)cc1Cl. The minimum absolute atomic E-state index is 0.0184. The number of nitrogens with one attached hydrogen (secondary N) is 1. The van der Waals surface area contributed by atoms with E-state index in [0.29, 0.717) is 13.2 Å². The highest BCUT2D eigenvalue weighted by Crippen LogP contribution is 2.32. The highest BCUT2D eigenvalue weighted by molar-refractivity contribution is 6.33. The molecule has 118 valence electrons. The van der Waals surface area contributed by atoms with Crippen LogP contribution in [0.5, 0.6) is 0 Å². The van der Waals surface area contributed by atoms with E-state index in [0.717, 1.165) is 31.9 Å². The number of morpholine rings is 1. The Bertz CT molecular complexity index is 478. The van der Waals surface area contributed by atoms with Crippen LogP contribution in [0.25, 0.3) is 0 Å². The quantitative estimate of drug-likeness (QED) is 0.924. The standard InChI is InChI=1S/C13H17ClF3N3O/c1-9(8-20-2-4-21-5-3-20)19-12-11(14)6-10(7-18-12)13(15,16)17/h6-7,9H,2-5,8H2,1H3,(H,18,19). The molecule has 4 nitrogen and oxygen atoms in total. The van der Waals surface area contributed by atoms with Crippen molar-refractivity contribution in [2.24, 2.45) is 0 Å². The van der Waals surface area contributed by atoms with Crippen LogP contribution in [0.2, 0.25) is 5.02 Å². The van der Waals surface area contributed by atoms with Crippen LogP contribution in [0, 0.1) is 0 Å². The number of ether oxygens (including phenoxy) is 1. The van der Waals surface area contributed by atoms with E-state index in [-0.39, 0.29) is 16.9 Å². The highest BCUT2D eigenvalue weighted by atomic mass is 35.5. The average molecular weight is 324 g/mol. The Morgan fingerprint density at radius 3 is 2.67 bits per heavy atom. The maximum absolute atomic E-state index is 12.5. The lowest BCUT2D eigenvalue weighted by atomic mass is 10.2. The largest absolute Gasteiger partial charge is 0.417 e. The Kier molecular flexibility index (Phi) is 5.29. The molecule has 1 N–H and O–H groups in total. The summed E-state index contributed by atoms with van der Waals surface area (Å²) in [5, 5.41) is 3.01. The second kappa shape index (κ2) is 6.81. The average Bonchev–Trinajstić information content (AvgIpc) is 2.41. The molecule has 1 aromatic heterocycles. The van der Waals surface area contributed by atoms with Gasteiger partial charge in [-0.1, -0.05) is 11.6 Å². The van der Waals surface area contributed by atoms with Crippen molar-refractivity contribution in [3.63, 3.8) is 0 Å². The van der Waals surface area contributed by atoms with E-state index in [1.807, 2.05) is 6.92 Å². The summed E-state index contributed by atoms with van der Waals surface area (Å²) in [6, 6.07) is 0.906. The molecule has 1 aliphatic rings. The molecule has 0 radical (unpaired) electrons. The molecule has 1 fully saturated rings. The van der Waals surface area contributed by atoms with Crippen molar-refractivity contribution in [3.8, 4) is 0 Å². The summed E-state index contributed by atoms with van der Waals surface area (Å²) < 4.78 is 42.9. The molecule has 1 aromatic rings. The number of rotatable bonds is 4. The fraction of sp³-hybridized carbons (Fsp3) is 0.615. The Hall–Kier alpha value is -1.05. The molecule has 8 heteroatoms. The lowest BCUT2D eigenvalue weighted by Gasteiger charge is -2.29. The topological polar surface area (TPSA) is 37.4 Å². The van der Waals surface area contributed by atoms with Gasteiger partial charge in [-0.25, -0.2) is 4.98 Å². The van der Waals surface area contributed by atoms with E-state index >= 15 is 0 Å². The van der Waals surface area contributed by atoms with Crippen molar-refractivity contribution in [1.82, 2.24) is 9.88 Å². The van der Waals surface area contributed by atoms with Crippen molar-refractivity contribution >= 4 is 17.4 Å². The first-order valence-corrected chi connectivity index (χ1v) is 7.03. The Balaban J connectivity index is 1.95. The van der Waals surface area contributed by atoms with Crippen LogP contribution in [0.3, 0.4) is 0 Å². The number of hydrogen-bond donors (Lipinski definition) is 1. The molecule has 0 bridgehead atoms. The lowest BCUT2D eigenvalue weighted by Crippen LogP contribution is -2.42. The van der Waals surface area contributed by atoms with Crippen LogP contribution in [-0.2, 0) is 10.9 Å². The van der Waals surface area contributed by atoms with Crippen LogP contribution in [-0.4, -0.2) is 48.8 Å². The van der Waals surface area contributed by atoms with Gasteiger partial charge in [-0.2, -0.15) is 13.2 Å². The normalized spacial score (nSPS) is 18.5.